The molecule has 0 saturated carbocycles. The van der Waals surface area contributed by atoms with Crippen molar-refractivity contribution in [2.75, 3.05) is 20.1 Å². The number of alkyl halides is 3. The summed E-state index contributed by atoms with van der Waals surface area (Å²) in [5.41, 5.74) is 0.258. The van der Waals surface area contributed by atoms with Crippen LogP contribution in [0.1, 0.15) is 29.2 Å². The molecule has 0 amide bonds. The summed E-state index contributed by atoms with van der Waals surface area (Å²) in [7, 11) is 3.63. The Morgan fingerprint density at radius 3 is 2.50 bits per heavy atom. The summed E-state index contributed by atoms with van der Waals surface area (Å²) in [5.74, 6) is 2.35. The predicted molar refractivity (Wildman–Crippen MR) is 120 cm³/mol. The normalized spacial score (nSPS) is 17.7. The number of halogens is 4. The van der Waals surface area contributed by atoms with E-state index >= 15 is 0 Å². The van der Waals surface area contributed by atoms with Gasteiger partial charge in [0.15, 0.2) is 11.8 Å². The summed E-state index contributed by atoms with van der Waals surface area (Å²) in [5, 5.41) is 14.8. The molecule has 0 bridgehead atoms. The minimum absolute atomic E-state index is 0. The maximum absolute atomic E-state index is 12.7. The number of guanidine groups is 1. The zero-order valence-corrected chi connectivity index (χ0v) is 19.5. The molecule has 0 aliphatic carbocycles. The van der Waals surface area contributed by atoms with Crippen molar-refractivity contribution in [2.45, 2.75) is 38.7 Å². The molecular weight excluding hydrogens is 510 g/mol. The second-order valence-corrected chi connectivity index (χ2v) is 7.21. The highest BCUT2D eigenvalue weighted by atomic mass is 127. The molecule has 1 fully saturated rings. The van der Waals surface area contributed by atoms with E-state index < -0.39 is 11.7 Å². The lowest BCUT2D eigenvalue weighted by Gasteiger charge is -2.19. The standard InChI is InChI=1S/C19H26F3N7.HI/c1-13-26-27-17(28(13)3)10-24-18(23-2)25-16-8-9-29(12-16)11-14-4-6-15(7-5-14)19(20,21)22;/h4-7,16H,8-12H2,1-3H3,(H2,23,24,25);1H. The second kappa shape index (κ2) is 10.4. The third kappa shape index (κ3) is 6.30. The summed E-state index contributed by atoms with van der Waals surface area (Å²) in [6.07, 6.45) is -3.36. The van der Waals surface area contributed by atoms with Crippen molar-refractivity contribution >= 4 is 29.9 Å². The molecule has 0 spiro atoms. The summed E-state index contributed by atoms with van der Waals surface area (Å²) in [4.78, 5) is 6.48. The van der Waals surface area contributed by atoms with E-state index in [0.29, 0.717) is 19.0 Å². The van der Waals surface area contributed by atoms with Gasteiger partial charge in [0.05, 0.1) is 12.1 Å². The van der Waals surface area contributed by atoms with Crippen LogP contribution in [-0.4, -0.2) is 51.8 Å². The molecule has 166 valence electrons. The molecule has 2 aromatic rings. The fourth-order valence-corrected chi connectivity index (χ4v) is 3.31. The molecule has 11 heteroatoms. The minimum atomic E-state index is -4.30. The Balaban J connectivity index is 0.00000320. The first-order chi connectivity index (χ1) is 13.8. The number of nitrogens with zero attached hydrogens (tertiary/aromatic N) is 5. The van der Waals surface area contributed by atoms with Crippen LogP contribution in [0.25, 0.3) is 0 Å². The van der Waals surface area contributed by atoms with Gasteiger partial charge in [0.25, 0.3) is 0 Å². The van der Waals surface area contributed by atoms with Crippen molar-refractivity contribution < 1.29 is 13.2 Å². The van der Waals surface area contributed by atoms with E-state index in [-0.39, 0.29) is 30.0 Å². The molecule has 7 nitrogen and oxygen atoms in total. The number of aromatic nitrogens is 3. The molecule has 2 heterocycles. The van der Waals surface area contributed by atoms with Crippen LogP contribution in [0.3, 0.4) is 0 Å². The van der Waals surface area contributed by atoms with Crippen LogP contribution in [0.15, 0.2) is 29.3 Å². The van der Waals surface area contributed by atoms with Gasteiger partial charge in [-0.15, -0.1) is 34.2 Å². The van der Waals surface area contributed by atoms with E-state index in [4.69, 9.17) is 0 Å². The average molecular weight is 537 g/mol. The third-order valence-electron chi connectivity index (χ3n) is 5.12. The first kappa shape index (κ1) is 24.4. The number of rotatable bonds is 5. The molecule has 1 atom stereocenters. The van der Waals surface area contributed by atoms with Crippen LogP contribution < -0.4 is 10.6 Å². The van der Waals surface area contributed by atoms with Gasteiger partial charge < -0.3 is 15.2 Å². The first-order valence-electron chi connectivity index (χ1n) is 9.47. The highest BCUT2D eigenvalue weighted by Gasteiger charge is 2.30. The second-order valence-electron chi connectivity index (χ2n) is 7.21. The average Bonchev–Trinajstić information content (AvgIpc) is 3.25. The number of likely N-dealkylation sites (tertiary alicyclic amines) is 1. The van der Waals surface area contributed by atoms with Crippen LogP contribution in [0.2, 0.25) is 0 Å². The molecule has 1 aromatic heterocycles. The van der Waals surface area contributed by atoms with Crippen molar-refractivity contribution in [1.29, 1.82) is 0 Å². The smallest absolute Gasteiger partial charge is 0.352 e. The number of aryl methyl sites for hydroxylation is 1. The predicted octanol–water partition coefficient (Wildman–Crippen LogP) is 2.70. The SMILES string of the molecule is CN=C(NCc1nnc(C)n1C)NC1CCN(Cc2ccc(C(F)(F)F)cc2)C1.I. The monoisotopic (exact) mass is 537 g/mol. The fourth-order valence-electron chi connectivity index (χ4n) is 3.31. The summed E-state index contributed by atoms with van der Waals surface area (Å²) in [6.45, 7) is 4.70. The molecule has 0 radical (unpaired) electrons. The van der Waals surface area contributed by atoms with Gasteiger partial charge >= 0.3 is 6.18 Å². The van der Waals surface area contributed by atoms with Gasteiger partial charge in [-0.3, -0.25) is 9.89 Å². The highest BCUT2D eigenvalue weighted by Crippen LogP contribution is 2.29. The maximum atomic E-state index is 12.7. The highest BCUT2D eigenvalue weighted by molar-refractivity contribution is 14.0. The lowest BCUT2D eigenvalue weighted by Crippen LogP contribution is -2.44. The van der Waals surface area contributed by atoms with Gasteiger partial charge in [0.1, 0.15) is 5.82 Å². The van der Waals surface area contributed by atoms with E-state index in [1.54, 1.807) is 19.2 Å². The maximum Gasteiger partial charge on any atom is 0.416 e. The van der Waals surface area contributed by atoms with Gasteiger partial charge in [0.2, 0.25) is 0 Å². The minimum Gasteiger partial charge on any atom is -0.352 e. The van der Waals surface area contributed by atoms with Crippen LogP contribution >= 0.6 is 24.0 Å². The molecule has 1 aliphatic heterocycles. The molecule has 30 heavy (non-hydrogen) atoms. The summed E-state index contributed by atoms with van der Waals surface area (Å²) >= 11 is 0. The van der Waals surface area contributed by atoms with Crippen LogP contribution in [0.5, 0.6) is 0 Å². The Bertz CT molecular complexity index is 849. The van der Waals surface area contributed by atoms with Gasteiger partial charge in [-0.2, -0.15) is 13.2 Å². The quantitative estimate of drug-likeness (QED) is 0.349. The largest absolute Gasteiger partial charge is 0.416 e. The van der Waals surface area contributed by atoms with E-state index in [9.17, 15) is 13.2 Å². The Morgan fingerprint density at radius 1 is 1.23 bits per heavy atom. The fraction of sp³-hybridized carbons (Fsp3) is 0.526. The Labute approximate surface area is 191 Å². The number of hydrogen-bond donors (Lipinski definition) is 2. The van der Waals surface area contributed by atoms with Gasteiger partial charge in [-0.25, -0.2) is 0 Å². The first-order valence-corrected chi connectivity index (χ1v) is 9.47. The third-order valence-corrected chi connectivity index (χ3v) is 5.12. The summed E-state index contributed by atoms with van der Waals surface area (Å²) in [6, 6.07) is 5.60. The van der Waals surface area contributed by atoms with E-state index in [2.05, 4.69) is 30.7 Å². The van der Waals surface area contributed by atoms with E-state index in [1.165, 1.54) is 0 Å². The number of nitrogens with one attached hydrogen (secondary N) is 2. The lowest BCUT2D eigenvalue weighted by molar-refractivity contribution is -0.137. The molecule has 3 rings (SSSR count). The van der Waals surface area contributed by atoms with Crippen molar-refractivity contribution in [3.05, 3.63) is 47.0 Å². The topological polar surface area (TPSA) is 70.4 Å². The van der Waals surface area contributed by atoms with Crippen molar-refractivity contribution in [3.8, 4) is 0 Å². The van der Waals surface area contributed by atoms with Crippen molar-refractivity contribution in [2.24, 2.45) is 12.0 Å². The van der Waals surface area contributed by atoms with Crippen molar-refractivity contribution in [1.82, 2.24) is 30.3 Å². The van der Waals surface area contributed by atoms with E-state index in [0.717, 1.165) is 48.9 Å². The number of hydrogen-bond acceptors (Lipinski definition) is 4. The van der Waals surface area contributed by atoms with E-state index in [1.807, 2.05) is 18.5 Å². The van der Waals surface area contributed by atoms with Crippen LogP contribution in [-0.2, 0) is 26.3 Å². The Kier molecular flexibility index (Phi) is 8.47. The van der Waals surface area contributed by atoms with Gasteiger partial charge in [-0.05, 0) is 31.0 Å². The van der Waals surface area contributed by atoms with Crippen LogP contribution in [0, 0.1) is 6.92 Å². The zero-order chi connectivity index (χ0) is 21.0. The molecule has 1 aromatic carbocycles. The van der Waals surface area contributed by atoms with Crippen LogP contribution in [0.4, 0.5) is 13.2 Å². The lowest BCUT2D eigenvalue weighted by atomic mass is 10.1. The number of aliphatic imine (C=N–C) groups is 1. The molecule has 1 unspecified atom stereocenters. The van der Waals surface area contributed by atoms with Crippen molar-refractivity contribution in [3.63, 3.8) is 0 Å². The number of benzene rings is 1. The van der Waals surface area contributed by atoms with Gasteiger partial charge in [0, 0.05) is 39.8 Å². The Hall–Kier alpha value is -1.89. The molecular formula is C19H27F3IN7. The molecule has 2 N–H and O–H groups in total. The zero-order valence-electron chi connectivity index (χ0n) is 17.2. The molecule has 1 saturated heterocycles. The Morgan fingerprint density at radius 2 is 1.93 bits per heavy atom. The summed E-state index contributed by atoms with van der Waals surface area (Å²) < 4.78 is 40.0. The van der Waals surface area contributed by atoms with Gasteiger partial charge in [-0.1, -0.05) is 12.1 Å². The molecule has 1 aliphatic rings.